The Morgan fingerprint density at radius 3 is 2.94 bits per heavy atom. The Balaban J connectivity index is 1.72. The highest BCUT2D eigenvalue weighted by molar-refractivity contribution is 7.10. The van der Waals surface area contributed by atoms with Crippen molar-refractivity contribution in [3.8, 4) is 0 Å². The van der Waals surface area contributed by atoms with E-state index < -0.39 is 0 Å². The minimum atomic E-state index is 0.638. The average molecular weight is 264 g/mol. The van der Waals surface area contributed by atoms with Crippen LogP contribution in [0.1, 0.15) is 43.0 Å². The predicted octanol–water partition coefficient (Wildman–Crippen LogP) is 3.27. The summed E-state index contributed by atoms with van der Waals surface area (Å²) in [5, 5.41) is 5.97. The Bertz CT molecular complexity index is 359. The summed E-state index contributed by atoms with van der Waals surface area (Å²) < 4.78 is 0. The van der Waals surface area contributed by atoms with Gasteiger partial charge in [0.2, 0.25) is 0 Å². The molecule has 0 aromatic carbocycles. The molecular formula is C15H24N2S. The van der Waals surface area contributed by atoms with E-state index in [2.05, 4.69) is 34.8 Å². The molecule has 0 spiro atoms. The number of nitrogens with zero attached hydrogens (tertiary/aromatic N) is 1. The third kappa shape index (κ3) is 2.95. The zero-order chi connectivity index (χ0) is 12.4. The van der Waals surface area contributed by atoms with Crippen LogP contribution in [-0.2, 0) is 0 Å². The van der Waals surface area contributed by atoms with Crippen molar-refractivity contribution in [1.82, 2.24) is 10.2 Å². The molecule has 18 heavy (non-hydrogen) atoms. The first-order chi connectivity index (χ1) is 8.84. The Morgan fingerprint density at radius 1 is 1.33 bits per heavy atom. The number of thiophene rings is 1. The van der Waals surface area contributed by atoms with Crippen LogP contribution in [0, 0.1) is 5.92 Å². The summed E-state index contributed by atoms with van der Waals surface area (Å²) in [6.07, 6.45) is 6.92. The van der Waals surface area contributed by atoms with Gasteiger partial charge in [0, 0.05) is 23.5 Å². The topological polar surface area (TPSA) is 15.3 Å². The summed E-state index contributed by atoms with van der Waals surface area (Å²) >= 11 is 1.93. The van der Waals surface area contributed by atoms with Gasteiger partial charge in [-0.25, -0.2) is 0 Å². The van der Waals surface area contributed by atoms with Gasteiger partial charge in [0.05, 0.1) is 0 Å². The van der Waals surface area contributed by atoms with E-state index in [9.17, 15) is 0 Å². The average Bonchev–Trinajstić information content (AvgIpc) is 3.09. The van der Waals surface area contributed by atoms with Gasteiger partial charge in [-0.3, -0.25) is 4.90 Å². The third-order valence-electron chi connectivity index (χ3n) is 4.34. The molecule has 2 fully saturated rings. The molecule has 0 radical (unpaired) electrons. The van der Waals surface area contributed by atoms with Crippen molar-refractivity contribution in [2.24, 2.45) is 5.92 Å². The molecule has 3 heteroatoms. The smallest absolute Gasteiger partial charge is 0.0478 e. The van der Waals surface area contributed by atoms with E-state index in [1.54, 1.807) is 4.88 Å². The second kappa shape index (κ2) is 5.72. The Morgan fingerprint density at radius 2 is 2.22 bits per heavy atom. The molecule has 1 saturated heterocycles. The summed E-state index contributed by atoms with van der Waals surface area (Å²) in [5.74, 6) is 0.789. The van der Waals surface area contributed by atoms with Gasteiger partial charge in [-0.1, -0.05) is 12.5 Å². The fourth-order valence-corrected chi connectivity index (χ4v) is 4.14. The monoisotopic (exact) mass is 264 g/mol. The van der Waals surface area contributed by atoms with Crippen molar-refractivity contribution < 1.29 is 0 Å². The van der Waals surface area contributed by atoms with E-state index >= 15 is 0 Å². The molecule has 2 aliphatic rings. The van der Waals surface area contributed by atoms with E-state index in [1.165, 1.54) is 45.2 Å². The highest BCUT2D eigenvalue weighted by Crippen LogP contribution is 2.36. The molecule has 1 saturated carbocycles. The van der Waals surface area contributed by atoms with Gasteiger partial charge in [-0.15, -0.1) is 11.3 Å². The fraction of sp³-hybridized carbons (Fsp3) is 0.733. The molecule has 1 aromatic rings. The molecule has 1 aromatic heterocycles. The van der Waals surface area contributed by atoms with Crippen LogP contribution in [-0.4, -0.2) is 31.1 Å². The molecule has 100 valence electrons. The number of hydrogen-bond donors (Lipinski definition) is 1. The lowest BCUT2D eigenvalue weighted by atomic mass is 9.93. The van der Waals surface area contributed by atoms with E-state index in [1.807, 2.05) is 11.3 Å². The van der Waals surface area contributed by atoms with Gasteiger partial charge in [0.15, 0.2) is 0 Å². The highest BCUT2D eigenvalue weighted by Gasteiger charge is 2.31. The van der Waals surface area contributed by atoms with Gasteiger partial charge in [0.1, 0.15) is 0 Å². The lowest BCUT2D eigenvalue weighted by Gasteiger charge is -2.32. The third-order valence-corrected chi connectivity index (χ3v) is 5.28. The van der Waals surface area contributed by atoms with Crippen LogP contribution in [0.15, 0.2) is 17.5 Å². The van der Waals surface area contributed by atoms with Gasteiger partial charge in [0.25, 0.3) is 0 Å². The van der Waals surface area contributed by atoms with Crippen LogP contribution in [0.25, 0.3) is 0 Å². The van der Waals surface area contributed by atoms with Gasteiger partial charge in [-0.05, 0) is 56.6 Å². The molecule has 0 bridgehead atoms. The number of likely N-dealkylation sites (tertiary alicyclic amines) is 1. The lowest BCUT2D eigenvalue weighted by molar-refractivity contribution is 0.192. The van der Waals surface area contributed by atoms with E-state index in [-0.39, 0.29) is 0 Å². The molecule has 1 aliphatic carbocycles. The predicted molar refractivity (Wildman–Crippen MR) is 78.1 cm³/mol. The van der Waals surface area contributed by atoms with Crippen LogP contribution < -0.4 is 5.32 Å². The van der Waals surface area contributed by atoms with E-state index in [0.29, 0.717) is 6.04 Å². The van der Waals surface area contributed by atoms with Crippen LogP contribution in [0.4, 0.5) is 0 Å². The molecule has 3 rings (SSSR count). The van der Waals surface area contributed by atoms with Crippen LogP contribution >= 0.6 is 11.3 Å². The molecule has 2 heterocycles. The van der Waals surface area contributed by atoms with Crippen LogP contribution in [0.5, 0.6) is 0 Å². The van der Waals surface area contributed by atoms with Gasteiger partial charge in [-0.2, -0.15) is 0 Å². The number of hydrogen-bond acceptors (Lipinski definition) is 3. The van der Waals surface area contributed by atoms with Crippen LogP contribution in [0.3, 0.4) is 0 Å². The lowest BCUT2D eigenvalue weighted by Crippen LogP contribution is -2.35. The molecular weight excluding hydrogens is 240 g/mol. The maximum atomic E-state index is 3.74. The summed E-state index contributed by atoms with van der Waals surface area (Å²) in [6, 6.07) is 5.99. The molecule has 2 nitrogen and oxygen atoms in total. The van der Waals surface area contributed by atoms with Crippen molar-refractivity contribution in [1.29, 1.82) is 0 Å². The molecule has 1 N–H and O–H groups in total. The second-order valence-corrected chi connectivity index (χ2v) is 6.86. The second-order valence-electron chi connectivity index (χ2n) is 5.88. The first kappa shape index (κ1) is 12.6. The molecule has 2 unspecified atom stereocenters. The van der Waals surface area contributed by atoms with Crippen molar-refractivity contribution in [2.75, 3.05) is 20.1 Å². The van der Waals surface area contributed by atoms with Crippen molar-refractivity contribution in [2.45, 2.75) is 44.2 Å². The minimum absolute atomic E-state index is 0.638. The quantitative estimate of drug-likeness (QED) is 0.898. The Labute approximate surface area is 114 Å². The largest absolute Gasteiger partial charge is 0.314 e. The summed E-state index contributed by atoms with van der Waals surface area (Å²) in [5.41, 5.74) is 0. The molecule has 0 amide bonds. The zero-order valence-corrected chi connectivity index (χ0v) is 12.1. The normalized spacial score (nSPS) is 30.3. The number of rotatable bonds is 4. The van der Waals surface area contributed by atoms with Crippen molar-refractivity contribution in [3.05, 3.63) is 22.4 Å². The highest BCUT2D eigenvalue weighted by atomic mass is 32.1. The first-order valence-corrected chi connectivity index (χ1v) is 8.19. The van der Waals surface area contributed by atoms with Crippen molar-refractivity contribution in [3.63, 3.8) is 0 Å². The fourth-order valence-electron chi connectivity index (χ4n) is 3.15. The summed E-state index contributed by atoms with van der Waals surface area (Å²) in [7, 11) is 2.31. The van der Waals surface area contributed by atoms with Gasteiger partial charge >= 0.3 is 0 Å². The maximum absolute atomic E-state index is 3.74. The minimum Gasteiger partial charge on any atom is -0.314 e. The first-order valence-electron chi connectivity index (χ1n) is 7.31. The van der Waals surface area contributed by atoms with Gasteiger partial charge < -0.3 is 5.32 Å². The van der Waals surface area contributed by atoms with Crippen LogP contribution in [0.2, 0.25) is 0 Å². The standard InChI is InChI=1S/C15H24N2S/c1-17-9-3-2-5-12(11-16-13-7-8-13)15(17)14-6-4-10-18-14/h4,6,10,12-13,15-16H,2-3,5,7-9,11H2,1H3. The zero-order valence-electron chi connectivity index (χ0n) is 11.3. The SMILES string of the molecule is CN1CCCCC(CNC2CC2)C1c1cccs1. The van der Waals surface area contributed by atoms with E-state index in [0.717, 1.165) is 12.0 Å². The van der Waals surface area contributed by atoms with Crippen molar-refractivity contribution >= 4 is 11.3 Å². The Hall–Kier alpha value is -0.380. The van der Waals surface area contributed by atoms with E-state index in [4.69, 9.17) is 0 Å². The summed E-state index contributed by atoms with van der Waals surface area (Å²) in [6.45, 7) is 2.46. The summed E-state index contributed by atoms with van der Waals surface area (Å²) in [4.78, 5) is 4.14. The molecule has 2 atom stereocenters. The maximum Gasteiger partial charge on any atom is 0.0478 e. The Kier molecular flexibility index (Phi) is 4.02. The number of nitrogens with one attached hydrogen (secondary N) is 1. The molecule has 1 aliphatic heterocycles.